The minimum atomic E-state index is 0.554. The Morgan fingerprint density at radius 2 is 1.62 bits per heavy atom. The Kier molecular flexibility index (Phi) is 5.92. The Balaban J connectivity index is 1.35. The number of hydrogen-bond acceptors (Lipinski definition) is 3. The van der Waals surface area contributed by atoms with Gasteiger partial charge in [0.05, 0.1) is 25.6 Å². The lowest BCUT2D eigenvalue weighted by molar-refractivity contribution is 0.00755. The van der Waals surface area contributed by atoms with Crippen LogP contribution in [0, 0.1) is 0 Å². The predicted molar refractivity (Wildman–Crippen MR) is 86.9 cm³/mol. The second kappa shape index (κ2) is 8.14. The zero-order chi connectivity index (χ0) is 14.3. The van der Waals surface area contributed by atoms with Crippen molar-refractivity contribution >= 4 is 6.34 Å². The molecule has 1 saturated heterocycles. The topological polar surface area (TPSA) is 36.9 Å². The van der Waals surface area contributed by atoms with Crippen molar-refractivity contribution in [2.24, 2.45) is 4.99 Å². The van der Waals surface area contributed by atoms with E-state index in [9.17, 15) is 0 Å². The molecule has 4 nitrogen and oxygen atoms in total. The second-order valence-corrected chi connectivity index (χ2v) is 6.89. The van der Waals surface area contributed by atoms with E-state index < -0.39 is 0 Å². The Morgan fingerprint density at radius 1 is 0.905 bits per heavy atom. The number of rotatable bonds is 4. The average Bonchev–Trinajstić information content (AvgIpc) is 2.57. The van der Waals surface area contributed by atoms with Crippen LogP contribution in [0.2, 0.25) is 0 Å². The molecule has 0 aromatic carbocycles. The molecular weight excluding hydrogens is 262 g/mol. The largest absolute Gasteiger partial charge is 0.379 e. The van der Waals surface area contributed by atoms with Crippen molar-refractivity contribution in [3.8, 4) is 0 Å². The van der Waals surface area contributed by atoms with E-state index in [-0.39, 0.29) is 0 Å². The van der Waals surface area contributed by atoms with E-state index in [1.165, 1.54) is 57.8 Å². The summed E-state index contributed by atoms with van der Waals surface area (Å²) in [5.41, 5.74) is 0. The van der Waals surface area contributed by atoms with Crippen LogP contribution in [0.3, 0.4) is 0 Å². The first-order valence-corrected chi connectivity index (χ1v) is 9.01. The van der Waals surface area contributed by atoms with Crippen molar-refractivity contribution < 1.29 is 4.74 Å². The zero-order valence-corrected chi connectivity index (χ0v) is 13.3. The van der Waals surface area contributed by atoms with Crippen LogP contribution < -0.4 is 5.32 Å². The fourth-order valence-corrected chi connectivity index (χ4v) is 4.04. The van der Waals surface area contributed by atoms with E-state index in [0.29, 0.717) is 12.1 Å². The van der Waals surface area contributed by atoms with Gasteiger partial charge in [-0.3, -0.25) is 9.89 Å². The molecule has 1 heterocycles. The highest BCUT2D eigenvalue weighted by molar-refractivity contribution is 5.55. The maximum atomic E-state index is 5.45. The lowest BCUT2D eigenvalue weighted by Gasteiger charge is -2.38. The molecule has 0 aromatic rings. The predicted octanol–water partition coefficient (Wildman–Crippen LogP) is 2.58. The van der Waals surface area contributed by atoms with Gasteiger partial charge < -0.3 is 10.1 Å². The fourth-order valence-electron chi connectivity index (χ4n) is 4.04. The summed E-state index contributed by atoms with van der Waals surface area (Å²) in [7, 11) is 0. The summed E-state index contributed by atoms with van der Waals surface area (Å²) in [5.74, 6) is 0. The van der Waals surface area contributed by atoms with Gasteiger partial charge in [-0.15, -0.1) is 0 Å². The summed E-state index contributed by atoms with van der Waals surface area (Å²) in [6.45, 7) is 4.09. The summed E-state index contributed by atoms with van der Waals surface area (Å²) in [4.78, 5) is 7.41. The molecule has 2 saturated carbocycles. The molecule has 0 unspecified atom stereocenters. The molecule has 3 aliphatic rings. The molecule has 1 aliphatic heterocycles. The number of ether oxygens (including phenoxy) is 1. The van der Waals surface area contributed by atoms with Crippen LogP contribution >= 0.6 is 0 Å². The highest BCUT2D eigenvalue weighted by Crippen LogP contribution is 2.25. The molecular formula is C17H31N3O. The van der Waals surface area contributed by atoms with Crippen LogP contribution in [0.5, 0.6) is 0 Å². The second-order valence-electron chi connectivity index (χ2n) is 6.89. The third-order valence-corrected chi connectivity index (χ3v) is 5.43. The lowest BCUT2D eigenvalue weighted by atomic mass is 9.90. The monoisotopic (exact) mass is 293 g/mol. The van der Waals surface area contributed by atoms with Gasteiger partial charge in [0.15, 0.2) is 0 Å². The first-order valence-electron chi connectivity index (χ1n) is 9.01. The number of nitrogens with zero attached hydrogens (tertiary/aromatic N) is 2. The summed E-state index contributed by atoms with van der Waals surface area (Å²) < 4.78 is 5.45. The molecule has 0 aromatic heterocycles. The molecule has 3 rings (SSSR count). The van der Waals surface area contributed by atoms with Crippen LogP contribution in [0.4, 0.5) is 0 Å². The summed E-state index contributed by atoms with van der Waals surface area (Å²) in [6.07, 6.45) is 14.0. The Labute approximate surface area is 129 Å². The Hall–Kier alpha value is -0.610. The van der Waals surface area contributed by atoms with Crippen molar-refractivity contribution in [3.05, 3.63) is 0 Å². The van der Waals surface area contributed by atoms with Gasteiger partial charge in [0.2, 0.25) is 0 Å². The van der Waals surface area contributed by atoms with E-state index in [4.69, 9.17) is 9.73 Å². The first kappa shape index (κ1) is 15.3. The maximum Gasteiger partial charge on any atom is 0.0829 e. The molecule has 1 N–H and O–H groups in total. The molecule has 4 heteroatoms. The fraction of sp³-hybridized carbons (Fsp3) is 0.941. The molecule has 0 amide bonds. The van der Waals surface area contributed by atoms with Crippen LogP contribution in [0.1, 0.15) is 57.8 Å². The van der Waals surface area contributed by atoms with Gasteiger partial charge in [-0.05, 0) is 38.5 Å². The van der Waals surface area contributed by atoms with Gasteiger partial charge in [0, 0.05) is 25.2 Å². The van der Waals surface area contributed by atoms with Crippen molar-refractivity contribution in [2.45, 2.75) is 75.9 Å². The van der Waals surface area contributed by atoms with E-state index in [2.05, 4.69) is 10.2 Å². The van der Waals surface area contributed by atoms with E-state index >= 15 is 0 Å². The standard InChI is InChI=1S/C17H31N3O/c1-2-4-15(5-3-1)18-14-19-16-6-8-17(9-7-16)20-10-12-21-13-11-20/h14-17H,1-13H2,(H,18,19). The Morgan fingerprint density at radius 3 is 2.33 bits per heavy atom. The number of aliphatic imine (C=N–C) groups is 1. The zero-order valence-electron chi connectivity index (χ0n) is 13.3. The van der Waals surface area contributed by atoms with Crippen molar-refractivity contribution in [3.63, 3.8) is 0 Å². The molecule has 120 valence electrons. The normalized spacial score (nSPS) is 33.3. The number of morpholine rings is 1. The molecule has 0 bridgehead atoms. The van der Waals surface area contributed by atoms with Gasteiger partial charge in [-0.2, -0.15) is 0 Å². The van der Waals surface area contributed by atoms with E-state index in [1.54, 1.807) is 0 Å². The summed E-state index contributed by atoms with van der Waals surface area (Å²) in [6, 6.07) is 2.03. The van der Waals surface area contributed by atoms with Crippen LogP contribution in [-0.4, -0.2) is 55.7 Å². The molecule has 3 fully saturated rings. The number of hydrogen-bond donors (Lipinski definition) is 1. The van der Waals surface area contributed by atoms with E-state index in [1.807, 2.05) is 6.34 Å². The highest BCUT2D eigenvalue weighted by Gasteiger charge is 2.26. The third kappa shape index (κ3) is 4.68. The minimum Gasteiger partial charge on any atom is -0.379 e. The molecule has 21 heavy (non-hydrogen) atoms. The van der Waals surface area contributed by atoms with Crippen LogP contribution in [-0.2, 0) is 4.74 Å². The van der Waals surface area contributed by atoms with Gasteiger partial charge in [-0.25, -0.2) is 0 Å². The average molecular weight is 293 g/mol. The Bertz CT molecular complexity index is 314. The molecule has 2 aliphatic carbocycles. The van der Waals surface area contributed by atoms with Gasteiger partial charge in [0.25, 0.3) is 0 Å². The first-order chi connectivity index (χ1) is 10.4. The maximum absolute atomic E-state index is 5.45. The van der Waals surface area contributed by atoms with Crippen LogP contribution in [0.25, 0.3) is 0 Å². The quantitative estimate of drug-likeness (QED) is 0.639. The molecule has 0 atom stereocenters. The van der Waals surface area contributed by atoms with Crippen molar-refractivity contribution in [1.82, 2.24) is 10.2 Å². The highest BCUT2D eigenvalue weighted by atomic mass is 16.5. The summed E-state index contributed by atoms with van der Waals surface area (Å²) in [5, 5.41) is 3.52. The SMILES string of the molecule is C(=NC1CCC(N2CCOCC2)CC1)NC1CCCCC1. The smallest absolute Gasteiger partial charge is 0.0829 e. The third-order valence-electron chi connectivity index (χ3n) is 5.43. The summed E-state index contributed by atoms with van der Waals surface area (Å²) >= 11 is 0. The lowest BCUT2D eigenvalue weighted by Crippen LogP contribution is -2.45. The van der Waals surface area contributed by atoms with Gasteiger partial charge in [0.1, 0.15) is 0 Å². The van der Waals surface area contributed by atoms with Crippen molar-refractivity contribution in [1.29, 1.82) is 0 Å². The van der Waals surface area contributed by atoms with Crippen LogP contribution in [0.15, 0.2) is 4.99 Å². The van der Waals surface area contributed by atoms with Gasteiger partial charge in [-0.1, -0.05) is 19.3 Å². The molecule has 0 radical (unpaired) electrons. The minimum absolute atomic E-state index is 0.554. The van der Waals surface area contributed by atoms with Gasteiger partial charge >= 0.3 is 0 Å². The van der Waals surface area contributed by atoms with Crippen molar-refractivity contribution in [2.75, 3.05) is 26.3 Å². The number of nitrogens with one attached hydrogen (secondary N) is 1. The van der Waals surface area contributed by atoms with E-state index in [0.717, 1.165) is 32.3 Å². The molecule has 0 spiro atoms.